The third kappa shape index (κ3) is 3.78. The van der Waals surface area contributed by atoms with Crippen molar-refractivity contribution in [3.8, 4) is 11.8 Å². The predicted molar refractivity (Wildman–Crippen MR) is 76.0 cm³/mol. The number of nitrogens with one attached hydrogen (secondary N) is 1. The van der Waals surface area contributed by atoms with Crippen molar-refractivity contribution in [1.29, 1.82) is 5.26 Å². The lowest BCUT2D eigenvalue weighted by Crippen LogP contribution is -2.23. The zero-order valence-corrected chi connectivity index (χ0v) is 12.1. The van der Waals surface area contributed by atoms with Crippen LogP contribution in [0.2, 0.25) is 0 Å². The summed E-state index contributed by atoms with van der Waals surface area (Å²) in [5.74, 6) is 0.659. The van der Waals surface area contributed by atoms with Crippen molar-refractivity contribution in [3.63, 3.8) is 0 Å². The summed E-state index contributed by atoms with van der Waals surface area (Å²) in [6, 6.07) is 11.7. The smallest absolute Gasteiger partial charge is 0.242 e. The molecule has 21 heavy (non-hydrogen) atoms. The van der Waals surface area contributed by atoms with Crippen molar-refractivity contribution in [2.45, 2.75) is 11.4 Å². The molecule has 0 saturated carbocycles. The van der Waals surface area contributed by atoms with Gasteiger partial charge in [0.25, 0.3) is 0 Å². The van der Waals surface area contributed by atoms with E-state index in [1.54, 1.807) is 31.4 Å². The number of aromatic nitrogens is 1. The molecule has 108 valence electrons. The Morgan fingerprint density at radius 3 is 2.76 bits per heavy atom. The molecule has 0 aliphatic heterocycles. The molecule has 0 radical (unpaired) electrons. The third-order valence-electron chi connectivity index (χ3n) is 2.76. The van der Waals surface area contributed by atoms with Crippen molar-refractivity contribution in [1.82, 2.24) is 9.71 Å². The van der Waals surface area contributed by atoms with Crippen LogP contribution in [0, 0.1) is 11.3 Å². The van der Waals surface area contributed by atoms with E-state index in [9.17, 15) is 8.42 Å². The van der Waals surface area contributed by atoms with Gasteiger partial charge in [0, 0.05) is 12.7 Å². The molecular weight excluding hydrogens is 290 g/mol. The molecule has 2 aromatic rings. The lowest BCUT2D eigenvalue weighted by atomic mass is 10.2. The van der Waals surface area contributed by atoms with Gasteiger partial charge < -0.3 is 4.74 Å². The summed E-state index contributed by atoms with van der Waals surface area (Å²) in [6.45, 7) is 0.138. The molecule has 0 saturated heterocycles. The van der Waals surface area contributed by atoms with Crippen LogP contribution in [0.5, 0.6) is 5.75 Å². The molecule has 0 amide bonds. The number of nitrogens with zero attached hydrogens (tertiary/aromatic N) is 2. The van der Waals surface area contributed by atoms with E-state index in [0.29, 0.717) is 5.75 Å². The summed E-state index contributed by atoms with van der Waals surface area (Å²) in [6.07, 6.45) is 1.16. The Bertz CT molecular complexity index is 765. The summed E-state index contributed by atoms with van der Waals surface area (Å²) in [5, 5.41) is 8.64. The molecule has 0 fully saturated rings. The van der Waals surface area contributed by atoms with E-state index in [0.717, 1.165) is 11.8 Å². The normalized spacial score (nSPS) is 10.9. The fourth-order valence-corrected chi connectivity index (χ4v) is 2.61. The van der Waals surface area contributed by atoms with Gasteiger partial charge in [0.1, 0.15) is 22.4 Å². The summed E-state index contributed by atoms with van der Waals surface area (Å²) >= 11 is 0. The number of nitriles is 1. The average molecular weight is 303 g/mol. The Balaban J connectivity index is 2.11. The molecule has 7 heteroatoms. The predicted octanol–water partition coefficient (Wildman–Crippen LogP) is 1.44. The lowest BCUT2D eigenvalue weighted by Gasteiger charge is -2.07. The zero-order valence-electron chi connectivity index (χ0n) is 11.3. The molecule has 0 spiro atoms. The van der Waals surface area contributed by atoms with Crippen LogP contribution in [0.1, 0.15) is 11.3 Å². The summed E-state index contributed by atoms with van der Waals surface area (Å²) < 4.78 is 31.7. The van der Waals surface area contributed by atoms with Gasteiger partial charge >= 0.3 is 0 Å². The minimum atomic E-state index is -3.67. The van der Waals surface area contributed by atoms with E-state index >= 15 is 0 Å². The molecule has 1 N–H and O–H groups in total. The minimum Gasteiger partial charge on any atom is -0.497 e. The highest BCUT2D eigenvalue weighted by atomic mass is 32.2. The molecule has 0 bridgehead atoms. The maximum atomic E-state index is 12.1. The van der Waals surface area contributed by atoms with Crippen LogP contribution in [0.15, 0.2) is 47.5 Å². The Labute approximate surface area is 123 Å². The first-order chi connectivity index (χ1) is 10.0. The van der Waals surface area contributed by atoms with Crippen molar-refractivity contribution in [2.24, 2.45) is 0 Å². The second-order valence-electron chi connectivity index (χ2n) is 4.17. The highest BCUT2D eigenvalue weighted by molar-refractivity contribution is 7.89. The van der Waals surface area contributed by atoms with Gasteiger partial charge in [-0.3, -0.25) is 0 Å². The first-order valence-electron chi connectivity index (χ1n) is 6.04. The van der Waals surface area contributed by atoms with Crippen LogP contribution >= 0.6 is 0 Å². The molecule has 2 rings (SSSR count). The number of rotatable bonds is 5. The van der Waals surface area contributed by atoms with Gasteiger partial charge in [-0.05, 0) is 29.8 Å². The molecule has 0 aliphatic carbocycles. The third-order valence-corrected chi connectivity index (χ3v) is 4.15. The second-order valence-corrected chi connectivity index (χ2v) is 5.93. The second kappa shape index (κ2) is 6.35. The van der Waals surface area contributed by atoms with Gasteiger partial charge in [0.2, 0.25) is 10.0 Å². The van der Waals surface area contributed by atoms with E-state index in [1.807, 2.05) is 6.07 Å². The van der Waals surface area contributed by atoms with E-state index in [2.05, 4.69) is 9.71 Å². The quantitative estimate of drug-likeness (QED) is 0.902. The topological polar surface area (TPSA) is 92.1 Å². The maximum Gasteiger partial charge on any atom is 0.242 e. The van der Waals surface area contributed by atoms with E-state index < -0.39 is 10.0 Å². The molecular formula is C14H13N3O3S. The van der Waals surface area contributed by atoms with Gasteiger partial charge in [-0.25, -0.2) is 18.1 Å². The number of hydrogen-bond donors (Lipinski definition) is 1. The number of hydrogen-bond acceptors (Lipinski definition) is 5. The molecule has 0 unspecified atom stereocenters. The largest absolute Gasteiger partial charge is 0.497 e. The van der Waals surface area contributed by atoms with Crippen molar-refractivity contribution in [2.75, 3.05) is 7.11 Å². The SMILES string of the molecule is COc1cccc(CNS(=O)(=O)c2ccc(C#N)nc2)c1. The standard InChI is InChI=1S/C14H13N3O3S/c1-20-13-4-2-3-11(7-13)9-17-21(18,19)14-6-5-12(8-15)16-10-14/h2-7,10,17H,9H2,1H3. The van der Waals surface area contributed by atoms with Crippen molar-refractivity contribution >= 4 is 10.0 Å². The van der Waals surface area contributed by atoms with Crippen molar-refractivity contribution in [3.05, 3.63) is 53.9 Å². The number of benzene rings is 1. The monoisotopic (exact) mass is 303 g/mol. The van der Waals surface area contributed by atoms with Crippen LogP contribution in [0.25, 0.3) is 0 Å². The number of methoxy groups -OCH3 is 1. The summed E-state index contributed by atoms with van der Waals surface area (Å²) in [5.41, 5.74) is 0.946. The number of ether oxygens (including phenoxy) is 1. The highest BCUT2D eigenvalue weighted by Gasteiger charge is 2.14. The summed E-state index contributed by atoms with van der Waals surface area (Å²) in [7, 11) is -2.12. The van der Waals surface area contributed by atoms with Crippen molar-refractivity contribution < 1.29 is 13.2 Å². The number of pyridine rings is 1. The van der Waals surface area contributed by atoms with Crippen LogP contribution < -0.4 is 9.46 Å². The van der Waals surface area contributed by atoms with E-state index in [4.69, 9.17) is 10.00 Å². The maximum absolute atomic E-state index is 12.1. The van der Waals surface area contributed by atoms with Crippen LogP contribution in [0.3, 0.4) is 0 Å². The van der Waals surface area contributed by atoms with Gasteiger partial charge in [-0.1, -0.05) is 12.1 Å². The fraction of sp³-hybridized carbons (Fsp3) is 0.143. The fourth-order valence-electron chi connectivity index (χ4n) is 1.65. The lowest BCUT2D eigenvalue weighted by molar-refractivity contribution is 0.414. The van der Waals surface area contributed by atoms with Gasteiger partial charge in [-0.15, -0.1) is 0 Å². The number of sulfonamides is 1. The average Bonchev–Trinajstić information content (AvgIpc) is 2.53. The van der Waals surface area contributed by atoms with Crippen LogP contribution in [-0.2, 0) is 16.6 Å². The highest BCUT2D eigenvalue weighted by Crippen LogP contribution is 2.13. The zero-order chi connectivity index (χ0) is 15.3. The van der Waals surface area contributed by atoms with Gasteiger partial charge in [0.05, 0.1) is 7.11 Å². The first kappa shape index (κ1) is 15.0. The summed E-state index contributed by atoms with van der Waals surface area (Å²) in [4.78, 5) is 3.76. The first-order valence-corrected chi connectivity index (χ1v) is 7.52. The molecule has 6 nitrogen and oxygen atoms in total. The Morgan fingerprint density at radius 2 is 2.14 bits per heavy atom. The van der Waals surface area contributed by atoms with Crippen LogP contribution in [0.4, 0.5) is 0 Å². The van der Waals surface area contributed by atoms with Gasteiger partial charge in [-0.2, -0.15) is 5.26 Å². The molecule has 0 atom stereocenters. The Kier molecular flexibility index (Phi) is 4.52. The van der Waals surface area contributed by atoms with E-state index in [-0.39, 0.29) is 17.1 Å². The van der Waals surface area contributed by atoms with Crippen LogP contribution in [-0.4, -0.2) is 20.5 Å². The molecule has 1 aromatic carbocycles. The van der Waals surface area contributed by atoms with Gasteiger partial charge in [0.15, 0.2) is 0 Å². The Hall–Kier alpha value is -2.43. The minimum absolute atomic E-state index is 0.0180. The molecule has 1 aromatic heterocycles. The molecule has 1 heterocycles. The van der Waals surface area contributed by atoms with E-state index in [1.165, 1.54) is 12.1 Å². The molecule has 0 aliphatic rings. The Morgan fingerprint density at radius 1 is 1.33 bits per heavy atom.